The molecule has 1 aromatic heterocycles. The van der Waals surface area contributed by atoms with Crippen molar-refractivity contribution in [1.29, 1.82) is 5.26 Å². The number of piperidine rings is 1. The van der Waals surface area contributed by atoms with E-state index in [1.54, 1.807) is 0 Å². The van der Waals surface area contributed by atoms with Crippen molar-refractivity contribution in [3.05, 3.63) is 88.2 Å². The maximum atomic E-state index is 9.81. The van der Waals surface area contributed by atoms with Crippen LogP contribution in [0.5, 0.6) is 0 Å². The van der Waals surface area contributed by atoms with Gasteiger partial charge in [0.25, 0.3) is 0 Å². The third kappa shape index (κ3) is 6.20. The monoisotopic (exact) mass is 547 g/mol. The van der Waals surface area contributed by atoms with Gasteiger partial charge in [0.2, 0.25) is 0 Å². The fourth-order valence-electron chi connectivity index (χ4n) is 6.01. The van der Waals surface area contributed by atoms with Crippen molar-refractivity contribution in [2.75, 3.05) is 13.1 Å². The molecule has 0 radical (unpaired) electrons. The lowest BCUT2D eigenvalue weighted by molar-refractivity contribution is 0.365. The predicted octanol–water partition coefficient (Wildman–Crippen LogP) is 8.04. The van der Waals surface area contributed by atoms with Crippen molar-refractivity contribution in [3.63, 3.8) is 0 Å². The second-order valence-corrected chi connectivity index (χ2v) is 11.8. The lowest BCUT2D eigenvalue weighted by Gasteiger charge is -2.34. The normalized spacial score (nSPS) is 14.6. The number of hydrogen-bond donors (Lipinski definition) is 1. The second kappa shape index (κ2) is 12.9. The lowest BCUT2D eigenvalue weighted by atomic mass is 9.69. The Bertz CT molecular complexity index is 1470. The fraction of sp³-hybridized carbons (Fsp3) is 0.417. The van der Waals surface area contributed by atoms with E-state index in [1.807, 2.05) is 12.4 Å². The number of benzene rings is 2. The Balaban J connectivity index is 1.66. The summed E-state index contributed by atoms with van der Waals surface area (Å²) < 4.78 is 0. The SMILES string of the molecule is CCC(=S)Cc1cncc(-c2ccc(C(CC)(CC)c3ccc(C#CC4(C#N)CCNCC4)c(C)c3)cc2C)c1. The molecule has 1 aliphatic rings. The van der Waals surface area contributed by atoms with Crippen LogP contribution in [-0.2, 0) is 11.8 Å². The number of nitriles is 1. The molecule has 0 aliphatic carbocycles. The van der Waals surface area contributed by atoms with Gasteiger partial charge in [0.1, 0.15) is 5.41 Å². The average molecular weight is 548 g/mol. The summed E-state index contributed by atoms with van der Waals surface area (Å²) in [6, 6.07) is 18.4. The van der Waals surface area contributed by atoms with E-state index < -0.39 is 5.41 Å². The van der Waals surface area contributed by atoms with Crippen LogP contribution >= 0.6 is 12.2 Å². The van der Waals surface area contributed by atoms with E-state index in [4.69, 9.17) is 12.2 Å². The van der Waals surface area contributed by atoms with E-state index in [0.717, 1.165) is 67.6 Å². The highest BCUT2D eigenvalue weighted by Gasteiger charge is 2.32. The van der Waals surface area contributed by atoms with Gasteiger partial charge < -0.3 is 5.32 Å². The van der Waals surface area contributed by atoms with Gasteiger partial charge in [-0.2, -0.15) is 5.26 Å². The minimum atomic E-state index is -0.539. The molecule has 1 saturated heterocycles. The van der Waals surface area contributed by atoms with Crippen molar-refractivity contribution in [2.45, 2.75) is 78.6 Å². The van der Waals surface area contributed by atoms with E-state index in [0.29, 0.717) is 0 Å². The maximum absolute atomic E-state index is 9.81. The molecule has 0 spiro atoms. The van der Waals surface area contributed by atoms with Crippen molar-refractivity contribution >= 4 is 17.1 Å². The number of pyridine rings is 1. The van der Waals surface area contributed by atoms with E-state index in [-0.39, 0.29) is 5.41 Å². The van der Waals surface area contributed by atoms with Crippen molar-refractivity contribution in [3.8, 4) is 29.0 Å². The number of nitrogens with one attached hydrogen (secondary N) is 1. The first-order chi connectivity index (χ1) is 19.3. The molecule has 4 rings (SSSR count). The summed E-state index contributed by atoms with van der Waals surface area (Å²) in [7, 11) is 0. The highest BCUT2D eigenvalue weighted by atomic mass is 32.1. The van der Waals surface area contributed by atoms with Gasteiger partial charge in [0.15, 0.2) is 0 Å². The zero-order valence-electron chi connectivity index (χ0n) is 24.7. The predicted molar refractivity (Wildman–Crippen MR) is 171 cm³/mol. The molecule has 0 unspecified atom stereocenters. The smallest absolute Gasteiger partial charge is 0.120 e. The quantitative estimate of drug-likeness (QED) is 0.229. The minimum Gasteiger partial charge on any atom is -0.317 e. The topological polar surface area (TPSA) is 48.7 Å². The number of aromatic nitrogens is 1. The summed E-state index contributed by atoms with van der Waals surface area (Å²) in [5.74, 6) is 6.71. The Morgan fingerprint density at radius 3 is 2.25 bits per heavy atom. The largest absolute Gasteiger partial charge is 0.317 e. The molecule has 40 heavy (non-hydrogen) atoms. The molecule has 0 atom stereocenters. The first-order valence-electron chi connectivity index (χ1n) is 14.6. The first kappa shape index (κ1) is 29.7. The van der Waals surface area contributed by atoms with Crippen LogP contribution in [0.15, 0.2) is 54.9 Å². The van der Waals surface area contributed by atoms with Crippen LogP contribution in [-0.4, -0.2) is 22.9 Å². The standard InChI is InChI=1S/C36H41N3S/c1-6-33(40)22-28-21-30(24-39-23-28)34-12-11-32(20-27(34)5)36(7-2,8-3)31-10-9-29(26(4)19-31)13-14-35(25-37)15-17-38-18-16-35/h9-12,19-21,23-24,38H,6-8,15-18,22H2,1-5H3. The molecule has 1 aliphatic heterocycles. The second-order valence-electron chi connectivity index (χ2n) is 11.2. The molecule has 206 valence electrons. The number of nitrogens with zero attached hydrogens (tertiary/aromatic N) is 2. The summed E-state index contributed by atoms with van der Waals surface area (Å²) in [6.07, 6.45) is 9.16. The summed E-state index contributed by atoms with van der Waals surface area (Å²) in [6.45, 7) is 12.7. The molecule has 0 amide bonds. The Morgan fingerprint density at radius 2 is 1.65 bits per heavy atom. The molecule has 3 nitrogen and oxygen atoms in total. The van der Waals surface area contributed by atoms with Crippen LogP contribution in [0.4, 0.5) is 0 Å². The molecule has 2 aromatic carbocycles. The van der Waals surface area contributed by atoms with Gasteiger partial charge >= 0.3 is 0 Å². The molecular formula is C36H41N3S. The summed E-state index contributed by atoms with van der Waals surface area (Å²) in [5, 5.41) is 13.2. The summed E-state index contributed by atoms with van der Waals surface area (Å²) in [4.78, 5) is 5.58. The van der Waals surface area contributed by atoms with Gasteiger partial charge in [-0.25, -0.2) is 0 Å². The van der Waals surface area contributed by atoms with Crippen molar-refractivity contribution in [1.82, 2.24) is 10.3 Å². The van der Waals surface area contributed by atoms with E-state index in [9.17, 15) is 5.26 Å². The van der Waals surface area contributed by atoms with Crippen LogP contribution in [0, 0.1) is 42.4 Å². The first-order valence-corrected chi connectivity index (χ1v) is 15.0. The molecule has 4 heteroatoms. The zero-order chi connectivity index (χ0) is 28.8. The van der Waals surface area contributed by atoms with Crippen molar-refractivity contribution < 1.29 is 0 Å². The molecular weight excluding hydrogens is 506 g/mol. The Kier molecular flexibility index (Phi) is 9.57. The third-order valence-corrected chi connectivity index (χ3v) is 9.21. The Hall–Kier alpha value is -3.31. The molecule has 1 N–H and O–H groups in total. The van der Waals surface area contributed by atoms with Gasteiger partial charge in [0, 0.05) is 35.4 Å². The third-order valence-electron chi connectivity index (χ3n) is 8.77. The zero-order valence-corrected chi connectivity index (χ0v) is 25.5. The molecule has 0 bridgehead atoms. The highest BCUT2D eigenvalue weighted by molar-refractivity contribution is 7.80. The Morgan fingerprint density at radius 1 is 0.975 bits per heavy atom. The van der Waals surface area contributed by atoms with Gasteiger partial charge in [0.05, 0.1) is 6.07 Å². The molecule has 0 saturated carbocycles. The van der Waals surface area contributed by atoms with Crippen molar-refractivity contribution in [2.24, 2.45) is 5.41 Å². The van der Waals surface area contributed by atoms with E-state index in [1.165, 1.54) is 33.4 Å². The van der Waals surface area contributed by atoms with Gasteiger partial charge in [-0.05, 0) is 109 Å². The van der Waals surface area contributed by atoms with E-state index in [2.05, 4.69) is 105 Å². The molecule has 2 heterocycles. The van der Waals surface area contributed by atoms with Crippen LogP contribution < -0.4 is 5.32 Å². The summed E-state index contributed by atoms with van der Waals surface area (Å²) in [5.41, 5.74) is 8.99. The number of aryl methyl sites for hydroxylation is 2. The minimum absolute atomic E-state index is 0.0870. The number of hydrogen-bond acceptors (Lipinski definition) is 4. The van der Waals surface area contributed by atoms with E-state index >= 15 is 0 Å². The number of thiocarbonyl (C=S) groups is 1. The van der Waals surface area contributed by atoms with Gasteiger partial charge in [-0.15, -0.1) is 0 Å². The highest BCUT2D eigenvalue weighted by Crippen LogP contribution is 2.41. The molecule has 3 aromatic rings. The van der Waals surface area contributed by atoms with Gasteiger partial charge in [-0.1, -0.05) is 75.2 Å². The number of rotatable bonds is 8. The summed E-state index contributed by atoms with van der Waals surface area (Å²) >= 11 is 5.48. The Labute approximate surface area is 246 Å². The van der Waals surface area contributed by atoms with Crippen LogP contribution in [0.2, 0.25) is 0 Å². The van der Waals surface area contributed by atoms with Gasteiger partial charge in [-0.3, -0.25) is 4.98 Å². The average Bonchev–Trinajstić information content (AvgIpc) is 2.98. The lowest BCUT2D eigenvalue weighted by Crippen LogP contribution is -2.34. The maximum Gasteiger partial charge on any atom is 0.120 e. The fourth-order valence-corrected chi connectivity index (χ4v) is 6.18. The van der Waals surface area contributed by atoms with Crippen LogP contribution in [0.1, 0.15) is 86.3 Å². The van der Waals surface area contributed by atoms with Crippen LogP contribution in [0.25, 0.3) is 11.1 Å². The molecule has 1 fully saturated rings. The van der Waals surface area contributed by atoms with Crippen LogP contribution in [0.3, 0.4) is 0 Å².